The lowest BCUT2D eigenvalue weighted by Gasteiger charge is -2.17. The van der Waals surface area contributed by atoms with Gasteiger partial charge in [0, 0.05) is 13.1 Å². The van der Waals surface area contributed by atoms with E-state index < -0.39 is 6.09 Å². The van der Waals surface area contributed by atoms with Crippen molar-refractivity contribution in [2.45, 2.75) is 39.5 Å². The fraction of sp³-hybridized carbons (Fsp3) is 0.889. The van der Waals surface area contributed by atoms with E-state index in [0.717, 1.165) is 25.7 Å². The molecule has 3 heteroatoms. The Kier molecular flexibility index (Phi) is 6.53. The second-order valence-corrected chi connectivity index (χ2v) is 2.98. The molecule has 1 N–H and O–H groups in total. The number of carbonyl (C=O) groups is 1. The summed E-state index contributed by atoms with van der Waals surface area (Å²) in [5.41, 5.74) is 0. The maximum absolute atomic E-state index is 10.6. The van der Waals surface area contributed by atoms with Gasteiger partial charge in [0.2, 0.25) is 0 Å². The van der Waals surface area contributed by atoms with Crippen molar-refractivity contribution < 1.29 is 9.90 Å². The van der Waals surface area contributed by atoms with Crippen molar-refractivity contribution in [2.24, 2.45) is 0 Å². The molecule has 0 aromatic heterocycles. The molecule has 0 bridgehead atoms. The highest BCUT2D eigenvalue weighted by Gasteiger charge is 2.08. The highest BCUT2D eigenvalue weighted by atomic mass is 16.4. The summed E-state index contributed by atoms with van der Waals surface area (Å²) in [4.78, 5) is 12.1. The average molecular weight is 173 g/mol. The molecule has 0 atom stereocenters. The monoisotopic (exact) mass is 173 g/mol. The number of amides is 1. The summed E-state index contributed by atoms with van der Waals surface area (Å²) in [6.45, 7) is 5.51. The summed E-state index contributed by atoms with van der Waals surface area (Å²) in [5.74, 6) is 0. The van der Waals surface area contributed by atoms with Crippen LogP contribution in [-0.4, -0.2) is 29.2 Å². The molecule has 0 aliphatic rings. The predicted octanol–water partition coefficient (Wildman–Crippen LogP) is 2.57. The lowest BCUT2D eigenvalue weighted by molar-refractivity contribution is 0.143. The van der Waals surface area contributed by atoms with E-state index in [0.29, 0.717) is 13.1 Å². The molecule has 0 rings (SSSR count). The highest BCUT2D eigenvalue weighted by molar-refractivity contribution is 5.64. The molecule has 0 aromatic rings. The minimum absolute atomic E-state index is 0.686. The van der Waals surface area contributed by atoms with Gasteiger partial charge in [-0.1, -0.05) is 26.7 Å². The van der Waals surface area contributed by atoms with E-state index in [4.69, 9.17) is 5.11 Å². The van der Waals surface area contributed by atoms with Gasteiger partial charge in [-0.05, 0) is 12.8 Å². The van der Waals surface area contributed by atoms with Crippen molar-refractivity contribution in [3.05, 3.63) is 0 Å². The summed E-state index contributed by atoms with van der Waals surface area (Å²) in [6, 6.07) is 0. The van der Waals surface area contributed by atoms with Crippen molar-refractivity contribution in [3.63, 3.8) is 0 Å². The van der Waals surface area contributed by atoms with Crippen LogP contribution in [0.25, 0.3) is 0 Å². The van der Waals surface area contributed by atoms with Gasteiger partial charge in [-0.2, -0.15) is 0 Å². The van der Waals surface area contributed by atoms with Crippen LogP contribution in [-0.2, 0) is 0 Å². The molecule has 1 amide bonds. The van der Waals surface area contributed by atoms with Crippen LogP contribution in [0.15, 0.2) is 0 Å². The van der Waals surface area contributed by atoms with Gasteiger partial charge in [0.25, 0.3) is 0 Å². The van der Waals surface area contributed by atoms with Gasteiger partial charge in [-0.15, -0.1) is 0 Å². The number of hydrogen-bond acceptors (Lipinski definition) is 1. The van der Waals surface area contributed by atoms with Crippen LogP contribution in [0.4, 0.5) is 4.79 Å². The van der Waals surface area contributed by atoms with Gasteiger partial charge >= 0.3 is 6.09 Å². The van der Waals surface area contributed by atoms with E-state index >= 15 is 0 Å². The van der Waals surface area contributed by atoms with Gasteiger partial charge in [-0.25, -0.2) is 4.79 Å². The third kappa shape index (κ3) is 4.99. The van der Waals surface area contributed by atoms with Crippen LogP contribution >= 0.6 is 0 Å². The summed E-state index contributed by atoms with van der Waals surface area (Å²) in [7, 11) is 0. The number of carboxylic acid groups (broad SMARTS) is 1. The molecule has 0 saturated heterocycles. The number of unbranched alkanes of at least 4 members (excludes halogenated alkanes) is 2. The molecule has 0 aliphatic carbocycles. The zero-order chi connectivity index (χ0) is 9.40. The Balaban J connectivity index is 3.62. The van der Waals surface area contributed by atoms with E-state index in [-0.39, 0.29) is 0 Å². The molecule has 0 heterocycles. The second kappa shape index (κ2) is 6.95. The fourth-order valence-corrected chi connectivity index (χ4v) is 1.00. The van der Waals surface area contributed by atoms with Crippen molar-refractivity contribution >= 4 is 6.09 Å². The lowest BCUT2D eigenvalue weighted by atomic mass is 10.3. The molecule has 72 valence electrons. The van der Waals surface area contributed by atoms with Crippen molar-refractivity contribution in [1.29, 1.82) is 0 Å². The Morgan fingerprint density at radius 3 is 1.83 bits per heavy atom. The average Bonchev–Trinajstić information content (AvgIpc) is 2.04. The maximum atomic E-state index is 10.6. The van der Waals surface area contributed by atoms with E-state index in [1.807, 2.05) is 0 Å². The largest absolute Gasteiger partial charge is 0.465 e. The maximum Gasteiger partial charge on any atom is 0.407 e. The van der Waals surface area contributed by atoms with E-state index in [1.165, 1.54) is 4.90 Å². The molecule has 0 fully saturated rings. The molecule has 0 spiro atoms. The minimum Gasteiger partial charge on any atom is -0.465 e. The van der Waals surface area contributed by atoms with Crippen LogP contribution in [0, 0.1) is 0 Å². The Hall–Kier alpha value is -0.730. The summed E-state index contributed by atoms with van der Waals surface area (Å²) in [5, 5.41) is 8.75. The number of rotatable bonds is 6. The first kappa shape index (κ1) is 11.3. The van der Waals surface area contributed by atoms with Crippen LogP contribution in [0.5, 0.6) is 0 Å². The van der Waals surface area contributed by atoms with E-state index in [1.54, 1.807) is 0 Å². The van der Waals surface area contributed by atoms with Gasteiger partial charge < -0.3 is 10.0 Å². The van der Waals surface area contributed by atoms with Crippen LogP contribution < -0.4 is 0 Å². The molecular formula is C9H19NO2. The molecule has 12 heavy (non-hydrogen) atoms. The van der Waals surface area contributed by atoms with E-state index in [9.17, 15) is 4.79 Å². The Morgan fingerprint density at radius 1 is 1.17 bits per heavy atom. The standard InChI is InChI=1S/C9H19NO2/c1-3-5-7-10(9(11)12)8-6-4-2/h3-8H2,1-2H3,(H,11,12). The zero-order valence-electron chi connectivity index (χ0n) is 8.05. The van der Waals surface area contributed by atoms with Gasteiger partial charge in [0.15, 0.2) is 0 Å². The molecule has 0 aromatic carbocycles. The SMILES string of the molecule is CCCCN(CCCC)C(=O)O. The molecular weight excluding hydrogens is 154 g/mol. The first-order chi connectivity index (χ1) is 5.72. The van der Waals surface area contributed by atoms with Gasteiger partial charge in [-0.3, -0.25) is 0 Å². The summed E-state index contributed by atoms with van der Waals surface area (Å²) >= 11 is 0. The number of hydrogen-bond donors (Lipinski definition) is 1. The van der Waals surface area contributed by atoms with Crippen molar-refractivity contribution in [1.82, 2.24) is 4.90 Å². The van der Waals surface area contributed by atoms with Crippen LogP contribution in [0.2, 0.25) is 0 Å². The molecule has 0 aliphatic heterocycles. The molecule has 3 nitrogen and oxygen atoms in total. The Morgan fingerprint density at radius 2 is 1.58 bits per heavy atom. The Labute approximate surface area is 74.4 Å². The van der Waals surface area contributed by atoms with E-state index in [2.05, 4.69) is 13.8 Å². The van der Waals surface area contributed by atoms with Crippen LogP contribution in [0.3, 0.4) is 0 Å². The first-order valence-corrected chi connectivity index (χ1v) is 4.70. The quantitative estimate of drug-likeness (QED) is 0.670. The summed E-state index contributed by atoms with van der Waals surface area (Å²) < 4.78 is 0. The van der Waals surface area contributed by atoms with Gasteiger partial charge in [0.05, 0.1) is 0 Å². The Bertz CT molecular complexity index is 118. The topological polar surface area (TPSA) is 40.5 Å². The van der Waals surface area contributed by atoms with Crippen molar-refractivity contribution in [2.75, 3.05) is 13.1 Å². The van der Waals surface area contributed by atoms with Gasteiger partial charge in [0.1, 0.15) is 0 Å². The zero-order valence-corrected chi connectivity index (χ0v) is 8.05. The number of nitrogens with zero attached hydrogens (tertiary/aromatic N) is 1. The molecule has 0 saturated carbocycles. The smallest absolute Gasteiger partial charge is 0.407 e. The second-order valence-electron chi connectivity index (χ2n) is 2.98. The highest BCUT2D eigenvalue weighted by Crippen LogP contribution is 1.98. The molecule has 0 unspecified atom stereocenters. The predicted molar refractivity (Wildman–Crippen MR) is 49.4 cm³/mol. The fourth-order valence-electron chi connectivity index (χ4n) is 1.00. The minimum atomic E-state index is -0.781. The summed E-state index contributed by atoms with van der Waals surface area (Å²) in [6.07, 6.45) is 3.26. The normalized spacial score (nSPS) is 9.83. The third-order valence-electron chi connectivity index (χ3n) is 1.83. The lowest BCUT2D eigenvalue weighted by Crippen LogP contribution is -2.31. The van der Waals surface area contributed by atoms with Crippen LogP contribution in [0.1, 0.15) is 39.5 Å². The third-order valence-corrected chi connectivity index (χ3v) is 1.83. The molecule has 0 radical (unpaired) electrons. The van der Waals surface area contributed by atoms with Crippen molar-refractivity contribution in [3.8, 4) is 0 Å². The first-order valence-electron chi connectivity index (χ1n) is 4.70.